The second-order valence-electron chi connectivity index (χ2n) is 8.54. The number of piperazine rings is 1. The van der Waals surface area contributed by atoms with Crippen LogP contribution in [0, 0.1) is 0 Å². The average molecular weight is 449 g/mol. The molecule has 1 atom stereocenters. The molecule has 1 saturated heterocycles. The molecule has 33 heavy (non-hydrogen) atoms. The van der Waals surface area contributed by atoms with E-state index in [-0.39, 0.29) is 11.8 Å². The molecular weight excluding hydrogens is 420 g/mol. The van der Waals surface area contributed by atoms with E-state index in [1.807, 2.05) is 61.3 Å². The van der Waals surface area contributed by atoms with Crippen LogP contribution in [0.5, 0.6) is 0 Å². The first kappa shape index (κ1) is 22.7. The number of carbonyl (C=O) groups excluding carboxylic acids is 3. The van der Waals surface area contributed by atoms with Gasteiger partial charge in [0.15, 0.2) is 0 Å². The van der Waals surface area contributed by atoms with Crippen molar-refractivity contribution in [1.29, 1.82) is 0 Å². The van der Waals surface area contributed by atoms with Crippen LogP contribution in [0.3, 0.4) is 0 Å². The van der Waals surface area contributed by atoms with E-state index in [4.69, 9.17) is 5.21 Å². The molecule has 172 valence electrons. The molecule has 0 spiro atoms. The van der Waals surface area contributed by atoms with Gasteiger partial charge in [-0.1, -0.05) is 36.4 Å². The standard InChI is InChI=1S/C25H28N4O4/c1-17(24(31)28-13-11-27(2)12-14-28)29-16-21-9-8-20(15-22(21)25(29)32)19-6-3-18(4-7-19)5-10-23(30)26-33/h3-10,15,17,33H,11-14,16H2,1-2H3,(H,26,30). The van der Waals surface area contributed by atoms with Gasteiger partial charge in [-0.05, 0) is 48.4 Å². The van der Waals surface area contributed by atoms with E-state index >= 15 is 0 Å². The fraction of sp³-hybridized carbons (Fsp3) is 0.320. The Bertz CT molecular complexity index is 1090. The van der Waals surface area contributed by atoms with Gasteiger partial charge in [0.25, 0.3) is 11.8 Å². The lowest BCUT2D eigenvalue weighted by atomic mass is 9.99. The van der Waals surface area contributed by atoms with E-state index in [2.05, 4.69) is 4.90 Å². The lowest BCUT2D eigenvalue weighted by Gasteiger charge is -2.35. The van der Waals surface area contributed by atoms with Crippen LogP contribution in [-0.4, -0.2) is 76.9 Å². The fourth-order valence-electron chi connectivity index (χ4n) is 4.24. The molecule has 4 rings (SSSR count). The molecule has 0 aromatic heterocycles. The zero-order chi connectivity index (χ0) is 23.5. The number of amides is 3. The number of rotatable bonds is 5. The molecule has 0 radical (unpaired) electrons. The highest BCUT2D eigenvalue weighted by Gasteiger charge is 2.36. The zero-order valence-corrected chi connectivity index (χ0v) is 18.8. The van der Waals surface area contributed by atoms with Crippen molar-refractivity contribution in [3.8, 4) is 11.1 Å². The predicted octanol–water partition coefficient (Wildman–Crippen LogP) is 1.99. The largest absolute Gasteiger partial charge is 0.338 e. The summed E-state index contributed by atoms with van der Waals surface area (Å²) in [6.45, 7) is 5.32. The summed E-state index contributed by atoms with van der Waals surface area (Å²) in [5, 5.41) is 8.56. The summed E-state index contributed by atoms with van der Waals surface area (Å²) in [7, 11) is 2.05. The normalized spacial score (nSPS) is 17.4. The first-order valence-corrected chi connectivity index (χ1v) is 11.0. The third kappa shape index (κ3) is 4.81. The highest BCUT2D eigenvalue weighted by molar-refractivity contribution is 6.02. The molecular formula is C25H28N4O4. The number of nitrogens with zero attached hydrogens (tertiary/aromatic N) is 3. The first-order valence-electron chi connectivity index (χ1n) is 11.0. The molecule has 2 aromatic carbocycles. The van der Waals surface area contributed by atoms with Crippen LogP contribution in [0.4, 0.5) is 0 Å². The summed E-state index contributed by atoms with van der Waals surface area (Å²) < 4.78 is 0. The predicted molar refractivity (Wildman–Crippen MR) is 124 cm³/mol. The third-order valence-electron chi connectivity index (χ3n) is 6.36. The Morgan fingerprint density at radius 3 is 2.36 bits per heavy atom. The number of fused-ring (bicyclic) bond motifs is 1. The second kappa shape index (κ2) is 9.56. The smallest absolute Gasteiger partial charge is 0.267 e. The Kier molecular flexibility index (Phi) is 6.57. The van der Waals surface area contributed by atoms with E-state index in [0.717, 1.165) is 35.3 Å². The van der Waals surface area contributed by atoms with Gasteiger partial charge in [-0.15, -0.1) is 0 Å². The number of carbonyl (C=O) groups is 3. The van der Waals surface area contributed by atoms with Crippen LogP contribution >= 0.6 is 0 Å². The molecule has 1 unspecified atom stereocenters. The van der Waals surface area contributed by atoms with Crippen LogP contribution < -0.4 is 5.48 Å². The van der Waals surface area contributed by atoms with Crippen molar-refractivity contribution in [3.05, 3.63) is 65.2 Å². The van der Waals surface area contributed by atoms with Gasteiger partial charge in [0.2, 0.25) is 5.91 Å². The summed E-state index contributed by atoms with van der Waals surface area (Å²) in [5.41, 5.74) is 5.77. The maximum Gasteiger partial charge on any atom is 0.267 e. The quantitative estimate of drug-likeness (QED) is 0.415. The summed E-state index contributed by atoms with van der Waals surface area (Å²) in [6, 6.07) is 12.8. The van der Waals surface area contributed by atoms with Crippen molar-refractivity contribution in [2.45, 2.75) is 19.5 Å². The molecule has 0 aliphatic carbocycles. The molecule has 1 fully saturated rings. The number of likely N-dealkylation sites (N-methyl/N-ethyl adjacent to an activating group) is 1. The van der Waals surface area contributed by atoms with Crippen LogP contribution in [0.2, 0.25) is 0 Å². The Morgan fingerprint density at radius 2 is 1.70 bits per heavy atom. The van der Waals surface area contributed by atoms with Gasteiger partial charge in [-0.25, -0.2) is 5.48 Å². The van der Waals surface area contributed by atoms with Crippen LogP contribution in [0.1, 0.15) is 28.4 Å². The number of hydroxylamine groups is 1. The maximum atomic E-state index is 13.2. The Balaban J connectivity index is 1.47. The van der Waals surface area contributed by atoms with Crippen molar-refractivity contribution in [3.63, 3.8) is 0 Å². The monoisotopic (exact) mass is 448 g/mol. The molecule has 2 heterocycles. The molecule has 2 aromatic rings. The summed E-state index contributed by atoms with van der Waals surface area (Å²) in [4.78, 5) is 43.0. The highest BCUT2D eigenvalue weighted by atomic mass is 16.5. The fourth-order valence-corrected chi connectivity index (χ4v) is 4.24. The van der Waals surface area contributed by atoms with Crippen molar-refractivity contribution in [2.24, 2.45) is 0 Å². The van der Waals surface area contributed by atoms with Crippen molar-refractivity contribution in [2.75, 3.05) is 33.2 Å². The van der Waals surface area contributed by atoms with Gasteiger partial charge >= 0.3 is 0 Å². The molecule has 8 nitrogen and oxygen atoms in total. The number of benzene rings is 2. The van der Waals surface area contributed by atoms with Crippen molar-refractivity contribution in [1.82, 2.24) is 20.2 Å². The number of hydrogen-bond donors (Lipinski definition) is 2. The first-order chi connectivity index (χ1) is 15.9. The second-order valence-corrected chi connectivity index (χ2v) is 8.54. The lowest BCUT2D eigenvalue weighted by molar-refractivity contribution is -0.137. The topological polar surface area (TPSA) is 93.2 Å². The van der Waals surface area contributed by atoms with E-state index in [9.17, 15) is 14.4 Å². The minimum absolute atomic E-state index is 0.00278. The molecule has 2 aliphatic rings. The Labute approximate surface area is 193 Å². The highest BCUT2D eigenvalue weighted by Crippen LogP contribution is 2.30. The Morgan fingerprint density at radius 1 is 1.03 bits per heavy atom. The molecule has 2 N–H and O–H groups in total. The van der Waals surface area contributed by atoms with Gasteiger partial charge in [0.1, 0.15) is 6.04 Å². The van der Waals surface area contributed by atoms with E-state index in [1.54, 1.807) is 16.5 Å². The third-order valence-corrected chi connectivity index (χ3v) is 6.36. The zero-order valence-electron chi connectivity index (χ0n) is 18.8. The van der Waals surface area contributed by atoms with Gasteiger partial charge in [-0.2, -0.15) is 0 Å². The Hall–Kier alpha value is -3.49. The van der Waals surface area contributed by atoms with Crippen molar-refractivity contribution < 1.29 is 19.6 Å². The van der Waals surface area contributed by atoms with Gasteiger partial charge in [0, 0.05) is 44.4 Å². The molecule has 0 saturated carbocycles. The molecule has 2 aliphatic heterocycles. The molecule has 8 heteroatoms. The summed E-state index contributed by atoms with van der Waals surface area (Å²) in [6.07, 6.45) is 2.83. The average Bonchev–Trinajstić information content (AvgIpc) is 3.18. The van der Waals surface area contributed by atoms with Gasteiger partial charge in [0.05, 0.1) is 0 Å². The SMILES string of the molecule is CC(C(=O)N1CCN(C)CC1)N1Cc2ccc(-c3ccc(C=CC(=O)NO)cc3)cc2C1=O. The molecule has 3 amide bonds. The lowest BCUT2D eigenvalue weighted by Crippen LogP contribution is -2.53. The van der Waals surface area contributed by atoms with E-state index < -0.39 is 11.9 Å². The van der Waals surface area contributed by atoms with Crippen LogP contribution in [-0.2, 0) is 16.1 Å². The van der Waals surface area contributed by atoms with E-state index in [0.29, 0.717) is 25.2 Å². The minimum atomic E-state index is -0.596. The number of hydrogen-bond acceptors (Lipinski definition) is 5. The van der Waals surface area contributed by atoms with Crippen molar-refractivity contribution >= 4 is 23.8 Å². The van der Waals surface area contributed by atoms with Gasteiger partial charge in [-0.3, -0.25) is 19.6 Å². The summed E-state index contributed by atoms with van der Waals surface area (Å²) >= 11 is 0. The van der Waals surface area contributed by atoms with Crippen LogP contribution in [0.25, 0.3) is 17.2 Å². The number of nitrogens with one attached hydrogen (secondary N) is 1. The molecule has 0 bridgehead atoms. The maximum absolute atomic E-state index is 13.2. The summed E-state index contributed by atoms with van der Waals surface area (Å²) in [5.74, 6) is -0.708. The van der Waals surface area contributed by atoms with E-state index in [1.165, 1.54) is 6.08 Å². The van der Waals surface area contributed by atoms with Crippen LogP contribution in [0.15, 0.2) is 48.5 Å². The minimum Gasteiger partial charge on any atom is -0.338 e. The van der Waals surface area contributed by atoms with Gasteiger partial charge < -0.3 is 14.7 Å².